The number of nitrogens with one attached hydrogen (secondary N) is 1. The SMILES string of the molecule is COc1ccnc2[nH]cc(-c3ccc(OC4CCOCC4)c(C#N)c3)c12. The molecule has 0 radical (unpaired) electrons. The van der Waals surface area contributed by atoms with E-state index in [1.165, 1.54) is 0 Å². The highest BCUT2D eigenvalue weighted by atomic mass is 16.5. The zero-order chi connectivity index (χ0) is 17.9. The van der Waals surface area contributed by atoms with Crippen LogP contribution in [0.15, 0.2) is 36.7 Å². The van der Waals surface area contributed by atoms with Crippen LogP contribution in [0.1, 0.15) is 18.4 Å². The molecule has 6 heteroatoms. The highest BCUT2D eigenvalue weighted by Gasteiger charge is 2.18. The molecular weight excluding hydrogens is 330 g/mol. The summed E-state index contributed by atoms with van der Waals surface area (Å²) >= 11 is 0. The van der Waals surface area contributed by atoms with E-state index in [-0.39, 0.29) is 6.10 Å². The van der Waals surface area contributed by atoms with Crippen LogP contribution >= 0.6 is 0 Å². The van der Waals surface area contributed by atoms with E-state index < -0.39 is 0 Å². The van der Waals surface area contributed by atoms with Gasteiger partial charge >= 0.3 is 0 Å². The van der Waals surface area contributed by atoms with Crippen LogP contribution in [0, 0.1) is 11.3 Å². The van der Waals surface area contributed by atoms with Gasteiger partial charge in [-0.3, -0.25) is 0 Å². The monoisotopic (exact) mass is 349 g/mol. The van der Waals surface area contributed by atoms with Gasteiger partial charge in [-0.1, -0.05) is 6.07 Å². The second-order valence-electron chi connectivity index (χ2n) is 6.19. The minimum absolute atomic E-state index is 0.0964. The van der Waals surface area contributed by atoms with Crippen molar-refractivity contribution in [3.05, 3.63) is 42.2 Å². The van der Waals surface area contributed by atoms with Crippen molar-refractivity contribution in [1.82, 2.24) is 9.97 Å². The third-order valence-electron chi connectivity index (χ3n) is 4.63. The van der Waals surface area contributed by atoms with Gasteiger partial charge in [0.25, 0.3) is 0 Å². The van der Waals surface area contributed by atoms with Crippen molar-refractivity contribution in [1.29, 1.82) is 5.26 Å². The number of methoxy groups -OCH3 is 1. The standard InChI is InChI=1S/C20H19N3O3/c1-24-18-4-7-22-20-19(18)16(12-23-20)13-2-3-17(14(10-13)11-21)26-15-5-8-25-9-6-15/h2-4,7,10,12,15H,5-6,8-9H2,1H3,(H,22,23). The van der Waals surface area contributed by atoms with Crippen LogP contribution < -0.4 is 9.47 Å². The first-order valence-electron chi connectivity index (χ1n) is 8.59. The van der Waals surface area contributed by atoms with Crippen molar-refractivity contribution in [2.45, 2.75) is 18.9 Å². The average Bonchev–Trinajstić information content (AvgIpc) is 3.13. The Morgan fingerprint density at radius 1 is 1.23 bits per heavy atom. The maximum absolute atomic E-state index is 9.58. The molecule has 2 aromatic heterocycles. The molecule has 1 aromatic carbocycles. The van der Waals surface area contributed by atoms with E-state index in [1.54, 1.807) is 13.3 Å². The lowest BCUT2D eigenvalue weighted by atomic mass is 10.0. The third kappa shape index (κ3) is 2.98. The maximum Gasteiger partial charge on any atom is 0.141 e. The number of rotatable bonds is 4. The van der Waals surface area contributed by atoms with Crippen molar-refractivity contribution in [2.24, 2.45) is 0 Å². The predicted molar refractivity (Wildman–Crippen MR) is 97.3 cm³/mol. The minimum Gasteiger partial charge on any atom is -0.496 e. The van der Waals surface area contributed by atoms with Gasteiger partial charge in [0.05, 0.1) is 31.3 Å². The quantitative estimate of drug-likeness (QED) is 0.777. The summed E-state index contributed by atoms with van der Waals surface area (Å²) in [5.74, 6) is 1.36. The average molecular weight is 349 g/mol. The Bertz CT molecular complexity index is 968. The Morgan fingerprint density at radius 3 is 2.85 bits per heavy atom. The van der Waals surface area contributed by atoms with Crippen molar-refractivity contribution in [2.75, 3.05) is 20.3 Å². The van der Waals surface area contributed by atoms with Crippen LogP contribution in [-0.4, -0.2) is 36.4 Å². The topological polar surface area (TPSA) is 80.2 Å². The predicted octanol–water partition coefficient (Wildman–Crippen LogP) is 3.67. The lowest BCUT2D eigenvalue weighted by molar-refractivity contribution is 0.0254. The van der Waals surface area contributed by atoms with Crippen molar-refractivity contribution >= 4 is 11.0 Å². The summed E-state index contributed by atoms with van der Waals surface area (Å²) in [6.07, 6.45) is 5.37. The first-order chi connectivity index (χ1) is 12.8. The molecule has 1 N–H and O–H groups in total. The fourth-order valence-electron chi connectivity index (χ4n) is 3.29. The summed E-state index contributed by atoms with van der Waals surface area (Å²) in [5, 5.41) is 10.5. The number of nitrogens with zero attached hydrogens (tertiary/aromatic N) is 2. The summed E-state index contributed by atoms with van der Waals surface area (Å²) in [5.41, 5.74) is 3.13. The zero-order valence-electron chi connectivity index (χ0n) is 14.5. The number of aromatic nitrogens is 2. The molecule has 0 atom stereocenters. The Morgan fingerprint density at radius 2 is 2.08 bits per heavy atom. The van der Waals surface area contributed by atoms with Crippen LogP contribution in [0.3, 0.4) is 0 Å². The summed E-state index contributed by atoms with van der Waals surface area (Å²) in [4.78, 5) is 7.50. The molecule has 0 saturated carbocycles. The van der Waals surface area contributed by atoms with E-state index in [9.17, 15) is 5.26 Å². The molecule has 1 fully saturated rings. The first kappa shape index (κ1) is 16.4. The fraction of sp³-hybridized carbons (Fsp3) is 0.300. The highest BCUT2D eigenvalue weighted by Crippen LogP contribution is 2.36. The number of pyridine rings is 1. The molecule has 0 aliphatic carbocycles. The maximum atomic E-state index is 9.58. The number of hydrogen-bond donors (Lipinski definition) is 1. The second kappa shape index (κ2) is 7.06. The number of hydrogen-bond acceptors (Lipinski definition) is 5. The van der Waals surface area contributed by atoms with E-state index in [1.807, 2.05) is 30.5 Å². The lowest BCUT2D eigenvalue weighted by Gasteiger charge is -2.23. The van der Waals surface area contributed by atoms with Gasteiger partial charge in [-0.25, -0.2) is 4.98 Å². The number of aromatic amines is 1. The molecule has 1 saturated heterocycles. The van der Waals surface area contributed by atoms with Gasteiger partial charge in [0.15, 0.2) is 0 Å². The first-order valence-corrected chi connectivity index (χ1v) is 8.59. The van der Waals surface area contributed by atoms with Gasteiger partial charge in [-0.05, 0) is 23.8 Å². The molecule has 132 valence electrons. The molecule has 4 rings (SSSR count). The van der Waals surface area contributed by atoms with E-state index >= 15 is 0 Å². The Kier molecular flexibility index (Phi) is 4.46. The molecule has 0 unspecified atom stereocenters. The number of nitriles is 1. The van der Waals surface area contributed by atoms with Gasteiger partial charge < -0.3 is 19.2 Å². The Balaban J connectivity index is 1.71. The third-order valence-corrected chi connectivity index (χ3v) is 4.63. The van der Waals surface area contributed by atoms with Gasteiger partial charge in [-0.2, -0.15) is 5.26 Å². The van der Waals surface area contributed by atoms with Crippen LogP contribution in [0.4, 0.5) is 0 Å². The molecule has 26 heavy (non-hydrogen) atoms. The van der Waals surface area contributed by atoms with E-state index in [4.69, 9.17) is 14.2 Å². The van der Waals surface area contributed by atoms with Crippen molar-refractivity contribution in [3.8, 4) is 28.7 Å². The van der Waals surface area contributed by atoms with E-state index in [0.29, 0.717) is 24.5 Å². The van der Waals surface area contributed by atoms with Crippen LogP contribution in [0.2, 0.25) is 0 Å². The molecule has 1 aliphatic heterocycles. The largest absolute Gasteiger partial charge is 0.496 e. The lowest BCUT2D eigenvalue weighted by Crippen LogP contribution is -2.26. The Hall–Kier alpha value is -3.04. The normalized spacial score (nSPS) is 14.9. The van der Waals surface area contributed by atoms with Crippen LogP contribution in [-0.2, 0) is 4.74 Å². The van der Waals surface area contributed by atoms with Crippen LogP contribution in [0.25, 0.3) is 22.2 Å². The molecule has 0 spiro atoms. The van der Waals surface area contributed by atoms with Gasteiger partial charge in [0.2, 0.25) is 0 Å². The molecule has 0 amide bonds. The van der Waals surface area contributed by atoms with Crippen molar-refractivity contribution < 1.29 is 14.2 Å². The van der Waals surface area contributed by atoms with Crippen molar-refractivity contribution in [3.63, 3.8) is 0 Å². The zero-order valence-corrected chi connectivity index (χ0v) is 14.5. The molecule has 3 aromatic rings. The van der Waals surface area contributed by atoms with Crippen LogP contribution in [0.5, 0.6) is 11.5 Å². The summed E-state index contributed by atoms with van der Waals surface area (Å²) in [6.45, 7) is 1.40. The number of benzene rings is 1. The molecular formula is C20H19N3O3. The van der Waals surface area contributed by atoms with E-state index in [0.717, 1.165) is 40.8 Å². The molecule has 0 bridgehead atoms. The number of H-pyrrole nitrogens is 1. The molecule has 6 nitrogen and oxygen atoms in total. The van der Waals surface area contributed by atoms with Gasteiger partial charge in [0, 0.05) is 30.8 Å². The molecule has 3 heterocycles. The smallest absolute Gasteiger partial charge is 0.141 e. The number of ether oxygens (including phenoxy) is 3. The Labute approximate surface area is 151 Å². The summed E-state index contributed by atoms with van der Waals surface area (Å²) < 4.78 is 16.9. The summed E-state index contributed by atoms with van der Waals surface area (Å²) in [6, 6.07) is 9.76. The number of fused-ring (bicyclic) bond motifs is 1. The van der Waals surface area contributed by atoms with Gasteiger partial charge in [0.1, 0.15) is 29.3 Å². The van der Waals surface area contributed by atoms with Gasteiger partial charge in [-0.15, -0.1) is 0 Å². The van der Waals surface area contributed by atoms with E-state index in [2.05, 4.69) is 16.0 Å². The fourth-order valence-corrected chi connectivity index (χ4v) is 3.29. The molecule has 1 aliphatic rings. The minimum atomic E-state index is 0.0964. The summed E-state index contributed by atoms with van der Waals surface area (Å²) in [7, 11) is 1.64. The highest BCUT2D eigenvalue weighted by molar-refractivity contribution is 5.98. The second-order valence-corrected chi connectivity index (χ2v) is 6.19.